The van der Waals surface area contributed by atoms with Gasteiger partial charge in [-0.25, -0.2) is 25.3 Å². The quantitative estimate of drug-likeness (QED) is 0.214. The fourth-order valence-electron chi connectivity index (χ4n) is 2.14. The van der Waals surface area contributed by atoms with Crippen LogP contribution in [0.5, 0.6) is 0 Å². The van der Waals surface area contributed by atoms with Crippen LogP contribution in [-0.2, 0) is 40.1 Å². The summed E-state index contributed by atoms with van der Waals surface area (Å²) in [6, 6.07) is 0. The van der Waals surface area contributed by atoms with Gasteiger partial charge in [-0.15, -0.1) is 0 Å². The molecule has 13 heteroatoms. The van der Waals surface area contributed by atoms with Gasteiger partial charge in [0.2, 0.25) is 30.4 Å². The molecule has 0 atom stereocenters. The molecule has 9 nitrogen and oxygen atoms in total. The highest BCUT2D eigenvalue weighted by Gasteiger charge is 2.45. The Balaban J connectivity index is 5.20. The Kier molecular flexibility index (Phi) is 14.4. The summed E-state index contributed by atoms with van der Waals surface area (Å²) in [5, 5.41) is 0. The first-order valence-corrected chi connectivity index (χ1v) is 15.8. The van der Waals surface area contributed by atoms with Crippen molar-refractivity contribution in [1.29, 1.82) is 0 Å². The smallest absolute Gasteiger partial charge is 0.342 e. The third-order valence-electron chi connectivity index (χ3n) is 3.67. The molecular formula is C15H33AlO9S3. The lowest BCUT2D eigenvalue weighted by Crippen LogP contribution is -2.36. The third-order valence-corrected chi connectivity index (χ3v) is 11.4. The van der Waals surface area contributed by atoms with E-state index in [-0.39, 0.29) is 17.3 Å². The van der Waals surface area contributed by atoms with Crippen LogP contribution in [-0.4, -0.2) is 57.7 Å². The zero-order valence-corrected chi connectivity index (χ0v) is 20.6. The molecule has 0 fully saturated rings. The molecule has 0 aliphatic rings. The molecular weight excluding hydrogens is 447 g/mol. The van der Waals surface area contributed by atoms with E-state index in [9.17, 15) is 25.3 Å². The summed E-state index contributed by atoms with van der Waals surface area (Å²) in [5.41, 5.74) is 0. The fourth-order valence-corrected chi connectivity index (χ4v) is 9.09. The van der Waals surface area contributed by atoms with E-state index in [1.54, 1.807) is 0 Å². The molecule has 0 saturated carbocycles. The molecule has 0 rings (SSSR count). The third kappa shape index (κ3) is 15.1. The predicted molar refractivity (Wildman–Crippen MR) is 109 cm³/mol. The topological polar surface area (TPSA) is 130 Å². The monoisotopic (exact) mass is 480 g/mol. The standard InChI is InChI=1S/3C5H12O3S.Al/c3*1-2-3-4-5-9(6,7)8;/h3*2-5H2,1H3,(H,6,7,8);/q;;;+3/p-3. The number of hydrogen-bond donors (Lipinski definition) is 0. The van der Waals surface area contributed by atoms with Crippen LogP contribution in [0.25, 0.3) is 0 Å². The van der Waals surface area contributed by atoms with Crippen molar-refractivity contribution >= 4 is 45.5 Å². The highest BCUT2D eigenvalue weighted by Crippen LogP contribution is 2.13. The molecule has 0 aliphatic carbocycles. The largest absolute Gasteiger partial charge is 0.951 e. The molecule has 168 valence electrons. The fraction of sp³-hybridized carbons (Fsp3) is 1.00. The zero-order chi connectivity index (χ0) is 21.7. The molecule has 0 radical (unpaired) electrons. The molecule has 0 aliphatic heterocycles. The van der Waals surface area contributed by atoms with Crippen LogP contribution < -0.4 is 0 Å². The van der Waals surface area contributed by atoms with Gasteiger partial charge < -0.3 is 9.70 Å². The van der Waals surface area contributed by atoms with Crippen LogP contribution in [0, 0.1) is 0 Å². The average molecular weight is 481 g/mol. The molecule has 0 aromatic heterocycles. The molecule has 0 N–H and O–H groups in total. The van der Waals surface area contributed by atoms with Crippen LogP contribution in [0.1, 0.15) is 78.6 Å². The first-order chi connectivity index (χ1) is 13.0. The minimum absolute atomic E-state index is 0.312. The van der Waals surface area contributed by atoms with Crippen LogP contribution in [0.2, 0.25) is 0 Å². The number of hydrogen-bond acceptors (Lipinski definition) is 9. The van der Waals surface area contributed by atoms with Crippen molar-refractivity contribution in [2.24, 2.45) is 0 Å². The van der Waals surface area contributed by atoms with Gasteiger partial charge >= 0.3 is 15.1 Å². The van der Waals surface area contributed by atoms with E-state index in [1.807, 2.05) is 20.8 Å². The molecule has 0 aromatic rings. The average Bonchev–Trinajstić information content (AvgIpc) is 2.53. The maximum absolute atomic E-state index is 12.1. The van der Waals surface area contributed by atoms with Crippen LogP contribution in [0.15, 0.2) is 0 Å². The zero-order valence-electron chi connectivity index (χ0n) is 17.0. The molecule has 28 heavy (non-hydrogen) atoms. The Bertz CT molecular complexity index is 618. The van der Waals surface area contributed by atoms with E-state index in [2.05, 4.69) is 0 Å². The molecule has 0 spiro atoms. The lowest BCUT2D eigenvalue weighted by Gasteiger charge is -2.14. The summed E-state index contributed by atoms with van der Waals surface area (Å²) in [4.78, 5) is 0. The van der Waals surface area contributed by atoms with Gasteiger partial charge in [0.1, 0.15) is 0 Å². The molecule has 0 amide bonds. The van der Waals surface area contributed by atoms with Gasteiger partial charge in [-0.1, -0.05) is 59.3 Å². The lowest BCUT2D eigenvalue weighted by atomic mass is 10.3. The van der Waals surface area contributed by atoms with Crippen molar-refractivity contribution < 1.29 is 35.0 Å². The summed E-state index contributed by atoms with van der Waals surface area (Å²) >= 11 is -4.03. The van der Waals surface area contributed by atoms with E-state index in [1.165, 1.54) is 0 Å². The van der Waals surface area contributed by atoms with Gasteiger partial charge in [0.15, 0.2) is 0 Å². The van der Waals surface area contributed by atoms with Crippen molar-refractivity contribution in [1.82, 2.24) is 0 Å². The van der Waals surface area contributed by atoms with Gasteiger partial charge in [0.25, 0.3) is 0 Å². The number of unbranched alkanes of at least 4 members (excludes halogenated alkanes) is 6. The summed E-state index contributed by atoms with van der Waals surface area (Å²) in [7, 11) is -12.5. The summed E-state index contributed by atoms with van der Waals surface area (Å²) in [6.45, 7) is 5.68. The van der Waals surface area contributed by atoms with Gasteiger partial charge in [-0.3, -0.25) is 0 Å². The Morgan fingerprint density at radius 2 is 0.750 bits per heavy atom. The van der Waals surface area contributed by atoms with E-state index in [0.29, 0.717) is 38.5 Å². The molecule has 0 heterocycles. The van der Waals surface area contributed by atoms with Crippen molar-refractivity contribution in [3.8, 4) is 0 Å². The second kappa shape index (κ2) is 14.3. The maximum atomic E-state index is 12.1. The van der Waals surface area contributed by atoms with Crippen molar-refractivity contribution in [2.75, 3.05) is 17.3 Å². The lowest BCUT2D eigenvalue weighted by molar-refractivity contribution is 0.310. The van der Waals surface area contributed by atoms with E-state index < -0.39 is 45.5 Å². The van der Waals surface area contributed by atoms with Crippen molar-refractivity contribution in [2.45, 2.75) is 78.6 Å². The van der Waals surface area contributed by atoms with Crippen LogP contribution in [0.4, 0.5) is 0 Å². The molecule has 0 unspecified atom stereocenters. The Morgan fingerprint density at radius 3 is 0.964 bits per heavy atom. The first kappa shape index (κ1) is 28.3. The molecule has 0 bridgehead atoms. The summed E-state index contributed by atoms with van der Waals surface area (Å²) < 4.78 is 86.8. The Hall–Kier alpha value is 0.262. The minimum atomic E-state index is -4.17. The Morgan fingerprint density at radius 1 is 0.500 bits per heavy atom. The van der Waals surface area contributed by atoms with Crippen LogP contribution >= 0.6 is 0 Å². The van der Waals surface area contributed by atoms with Crippen LogP contribution in [0.3, 0.4) is 0 Å². The van der Waals surface area contributed by atoms with Crippen molar-refractivity contribution in [3.05, 3.63) is 0 Å². The predicted octanol–water partition coefficient (Wildman–Crippen LogP) is 2.58. The SMILES string of the molecule is CCCCCS(=O)(=O)[O][Al]([O]S(=O)(=O)CCCCC)[O]S(=O)(=O)CCCCC. The van der Waals surface area contributed by atoms with Gasteiger partial charge in [0, 0.05) is 0 Å². The van der Waals surface area contributed by atoms with Gasteiger partial charge in [-0.05, 0) is 19.3 Å². The van der Waals surface area contributed by atoms with Gasteiger partial charge in [0.05, 0.1) is 17.3 Å². The first-order valence-electron chi connectivity index (χ1n) is 9.69. The highest BCUT2D eigenvalue weighted by molar-refractivity contribution is 7.90. The summed E-state index contributed by atoms with van der Waals surface area (Å²) in [5.74, 6) is -1.07. The number of rotatable bonds is 18. The molecule has 0 saturated heterocycles. The van der Waals surface area contributed by atoms with Gasteiger partial charge in [-0.2, -0.15) is 0 Å². The normalized spacial score (nSPS) is 13.0. The second-order valence-corrected chi connectivity index (χ2v) is 13.9. The summed E-state index contributed by atoms with van der Waals surface area (Å²) in [6.07, 6.45) is 5.19. The highest BCUT2D eigenvalue weighted by atomic mass is 32.2. The van der Waals surface area contributed by atoms with E-state index >= 15 is 0 Å². The second-order valence-electron chi connectivity index (χ2n) is 6.48. The van der Waals surface area contributed by atoms with Crippen molar-refractivity contribution in [3.63, 3.8) is 0 Å². The molecule has 0 aromatic carbocycles. The maximum Gasteiger partial charge on any atom is 0.951 e. The Labute approximate surface area is 175 Å². The van der Waals surface area contributed by atoms with E-state index in [0.717, 1.165) is 19.3 Å². The minimum Gasteiger partial charge on any atom is -0.342 e. The van der Waals surface area contributed by atoms with E-state index in [4.69, 9.17) is 9.70 Å².